The summed E-state index contributed by atoms with van der Waals surface area (Å²) in [7, 11) is 0. The van der Waals surface area contributed by atoms with Crippen LogP contribution in [0.3, 0.4) is 0 Å². The first kappa shape index (κ1) is 13.3. The quantitative estimate of drug-likeness (QED) is 0.702. The van der Waals surface area contributed by atoms with E-state index in [4.69, 9.17) is 0 Å². The van der Waals surface area contributed by atoms with Crippen LogP contribution in [0.1, 0.15) is 27.7 Å². The van der Waals surface area contributed by atoms with Gasteiger partial charge < -0.3 is 4.90 Å². The zero-order valence-electron chi connectivity index (χ0n) is 8.85. The molecule has 0 bridgehead atoms. The van der Waals surface area contributed by atoms with Crippen molar-refractivity contribution in [3.63, 3.8) is 0 Å². The smallest absolute Gasteiger partial charge is 0.332 e. The minimum Gasteiger partial charge on any atom is -0.332 e. The standard InChI is InChI=1S/C9H16F3NO/c1-6(2)5-13(7(3)4)8(14)9(10,11)12/h6-7H,5H2,1-4H3. The van der Waals surface area contributed by atoms with Gasteiger partial charge in [-0.15, -0.1) is 0 Å². The van der Waals surface area contributed by atoms with E-state index in [0.717, 1.165) is 4.90 Å². The summed E-state index contributed by atoms with van der Waals surface area (Å²) in [4.78, 5) is 11.8. The average molecular weight is 211 g/mol. The van der Waals surface area contributed by atoms with Gasteiger partial charge in [0.05, 0.1) is 0 Å². The number of nitrogens with zero attached hydrogens (tertiary/aromatic N) is 1. The summed E-state index contributed by atoms with van der Waals surface area (Å²) in [5.41, 5.74) is 0. The second-order valence-electron chi connectivity index (χ2n) is 3.94. The predicted molar refractivity (Wildman–Crippen MR) is 47.7 cm³/mol. The number of rotatable bonds is 3. The minimum atomic E-state index is -4.76. The lowest BCUT2D eigenvalue weighted by atomic mass is 10.2. The van der Waals surface area contributed by atoms with Gasteiger partial charge in [-0.1, -0.05) is 13.8 Å². The Morgan fingerprint density at radius 2 is 1.64 bits per heavy atom. The zero-order valence-corrected chi connectivity index (χ0v) is 8.85. The molecule has 0 saturated carbocycles. The molecule has 0 aromatic carbocycles. The summed E-state index contributed by atoms with van der Waals surface area (Å²) < 4.78 is 36.4. The third-order valence-corrected chi connectivity index (χ3v) is 1.69. The van der Waals surface area contributed by atoms with Gasteiger partial charge in [0.1, 0.15) is 0 Å². The van der Waals surface area contributed by atoms with E-state index in [1.165, 1.54) is 0 Å². The molecule has 1 amide bonds. The molecular weight excluding hydrogens is 195 g/mol. The highest BCUT2D eigenvalue weighted by Gasteiger charge is 2.43. The molecule has 0 aromatic rings. The Morgan fingerprint density at radius 3 is 1.86 bits per heavy atom. The number of carbonyl (C=O) groups excluding carboxylic acids is 1. The van der Waals surface area contributed by atoms with E-state index in [1.54, 1.807) is 27.7 Å². The molecule has 0 heterocycles. The van der Waals surface area contributed by atoms with Crippen LogP contribution in [-0.4, -0.2) is 29.6 Å². The van der Waals surface area contributed by atoms with E-state index in [0.29, 0.717) is 0 Å². The van der Waals surface area contributed by atoms with E-state index < -0.39 is 18.1 Å². The molecule has 0 N–H and O–H groups in total. The topological polar surface area (TPSA) is 20.3 Å². The van der Waals surface area contributed by atoms with E-state index in [1.807, 2.05) is 0 Å². The molecular formula is C9H16F3NO. The second-order valence-corrected chi connectivity index (χ2v) is 3.94. The molecule has 2 nitrogen and oxygen atoms in total. The Hall–Kier alpha value is -0.740. The second kappa shape index (κ2) is 4.66. The summed E-state index contributed by atoms with van der Waals surface area (Å²) >= 11 is 0. The number of halogens is 3. The molecule has 0 aromatic heterocycles. The van der Waals surface area contributed by atoms with Crippen LogP contribution >= 0.6 is 0 Å². The largest absolute Gasteiger partial charge is 0.471 e. The fraction of sp³-hybridized carbons (Fsp3) is 0.889. The van der Waals surface area contributed by atoms with Crippen molar-refractivity contribution in [2.24, 2.45) is 5.92 Å². The van der Waals surface area contributed by atoms with Crippen LogP contribution in [0.15, 0.2) is 0 Å². The first-order valence-corrected chi connectivity index (χ1v) is 4.54. The van der Waals surface area contributed by atoms with Gasteiger partial charge in [0, 0.05) is 12.6 Å². The predicted octanol–water partition coefficient (Wildman–Crippen LogP) is 2.44. The molecule has 0 aliphatic rings. The van der Waals surface area contributed by atoms with Gasteiger partial charge in [-0.2, -0.15) is 13.2 Å². The first-order chi connectivity index (χ1) is 6.16. The lowest BCUT2D eigenvalue weighted by Gasteiger charge is -2.29. The van der Waals surface area contributed by atoms with Crippen LogP contribution in [0, 0.1) is 5.92 Å². The highest BCUT2D eigenvalue weighted by Crippen LogP contribution is 2.20. The highest BCUT2D eigenvalue weighted by atomic mass is 19.4. The molecule has 0 radical (unpaired) electrons. The average Bonchev–Trinajstić information content (AvgIpc) is 1.96. The molecule has 0 spiro atoms. The van der Waals surface area contributed by atoms with Crippen LogP contribution in [0.5, 0.6) is 0 Å². The van der Waals surface area contributed by atoms with Crippen LogP contribution in [0.2, 0.25) is 0 Å². The van der Waals surface area contributed by atoms with Crippen molar-refractivity contribution in [1.29, 1.82) is 0 Å². The van der Waals surface area contributed by atoms with Gasteiger partial charge in [0.15, 0.2) is 0 Å². The maximum atomic E-state index is 12.1. The zero-order chi connectivity index (χ0) is 11.5. The molecule has 5 heteroatoms. The molecule has 0 atom stereocenters. The highest BCUT2D eigenvalue weighted by molar-refractivity contribution is 5.82. The number of hydrogen-bond acceptors (Lipinski definition) is 1. The fourth-order valence-electron chi connectivity index (χ4n) is 1.08. The van der Waals surface area contributed by atoms with Crippen molar-refractivity contribution in [3.05, 3.63) is 0 Å². The SMILES string of the molecule is CC(C)CN(C(=O)C(F)(F)F)C(C)C. The molecule has 14 heavy (non-hydrogen) atoms. The van der Waals surface area contributed by atoms with Crippen molar-refractivity contribution in [3.8, 4) is 0 Å². The van der Waals surface area contributed by atoms with Crippen LogP contribution in [0.25, 0.3) is 0 Å². The van der Waals surface area contributed by atoms with Crippen molar-refractivity contribution in [2.75, 3.05) is 6.54 Å². The van der Waals surface area contributed by atoms with Crippen LogP contribution in [0.4, 0.5) is 13.2 Å². The van der Waals surface area contributed by atoms with Gasteiger partial charge in [0.25, 0.3) is 0 Å². The van der Waals surface area contributed by atoms with Crippen LogP contribution in [-0.2, 0) is 4.79 Å². The summed E-state index contributed by atoms with van der Waals surface area (Å²) in [6.45, 7) is 6.84. The minimum absolute atomic E-state index is 0.0312. The summed E-state index contributed by atoms with van der Waals surface area (Å²) in [5.74, 6) is -1.72. The van der Waals surface area contributed by atoms with Gasteiger partial charge in [-0.25, -0.2) is 0 Å². The Labute approximate surface area is 82.1 Å². The lowest BCUT2D eigenvalue weighted by molar-refractivity contribution is -0.187. The first-order valence-electron chi connectivity index (χ1n) is 4.54. The Morgan fingerprint density at radius 1 is 1.21 bits per heavy atom. The van der Waals surface area contributed by atoms with E-state index in [9.17, 15) is 18.0 Å². The van der Waals surface area contributed by atoms with E-state index in [-0.39, 0.29) is 12.5 Å². The number of amides is 1. The van der Waals surface area contributed by atoms with Crippen molar-refractivity contribution in [1.82, 2.24) is 4.90 Å². The number of hydrogen-bond donors (Lipinski definition) is 0. The Balaban J connectivity index is 4.59. The molecule has 0 unspecified atom stereocenters. The maximum absolute atomic E-state index is 12.1. The number of alkyl halides is 3. The molecule has 0 aliphatic heterocycles. The number of carbonyl (C=O) groups is 1. The Bertz CT molecular complexity index is 199. The third kappa shape index (κ3) is 3.98. The lowest BCUT2D eigenvalue weighted by Crippen LogP contribution is -2.46. The van der Waals surface area contributed by atoms with E-state index >= 15 is 0 Å². The van der Waals surface area contributed by atoms with Gasteiger partial charge >= 0.3 is 12.1 Å². The maximum Gasteiger partial charge on any atom is 0.471 e. The summed E-state index contributed by atoms with van der Waals surface area (Å²) in [5, 5.41) is 0. The van der Waals surface area contributed by atoms with E-state index in [2.05, 4.69) is 0 Å². The van der Waals surface area contributed by atoms with Gasteiger partial charge in [-0.3, -0.25) is 4.79 Å². The van der Waals surface area contributed by atoms with Crippen molar-refractivity contribution in [2.45, 2.75) is 39.9 Å². The normalized spacial score (nSPS) is 12.4. The fourth-order valence-corrected chi connectivity index (χ4v) is 1.08. The van der Waals surface area contributed by atoms with Gasteiger partial charge in [-0.05, 0) is 19.8 Å². The van der Waals surface area contributed by atoms with Crippen LogP contribution < -0.4 is 0 Å². The molecule has 0 saturated heterocycles. The van der Waals surface area contributed by atoms with Crippen molar-refractivity contribution < 1.29 is 18.0 Å². The van der Waals surface area contributed by atoms with Gasteiger partial charge in [0.2, 0.25) is 0 Å². The molecule has 0 fully saturated rings. The summed E-state index contributed by atoms with van der Waals surface area (Å²) in [6.07, 6.45) is -4.76. The summed E-state index contributed by atoms with van der Waals surface area (Å²) in [6, 6.07) is -0.425. The molecule has 0 rings (SSSR count). The van der Waals surface area contributed by atoms with Crippen molar-refractivity contribution >= 4 is 5.91 Å². The monoisotopic (exact) mass is 211 g/mol. The Kier molecular flexibility index (Phi) is 4.42. The third-order valence-electron chi connectivity index (χ3n) is 1.69. The molecule has 84 valence electrons. The molecule has 0 aliphatic carbocycles.